The lowest BCUT2D eigenvalue weighted by Gasteiger charge is -2.23. The molecule has 1 aromatic heterocycles. The SMILES string of the molecule is Cc1ccc(N(CC(=O)N/N=C\c2ccco2)S(=O)(=O)c2ccc(F)cc2)cc1. The van der Waals surface area contributed by atoms with Crippen molar-refractivity contribution in [2.75, 3.05) is 10.8 Å². The number of halogens is 1. The molecule has 1 heterocycles. The fourth-order valence-electron chi connectivity index (χ4n) is 2.46. The van der Waals surface area contributed by atoms with E-state index in [0.717, 1.165) is 34.1 Å². The minimum absolute atomic E-state index is 0.133. The zero-order valence-corrected chi connectivity index (χ0v) is 16.3. The van der Waals surface area contributed by atoms with Gasteiger partial charge in [0.1, 0.15) is 18.1 Å². The van der Waals surface area contributed by atoms with Crippen LogP contribution in [0.1, 0.15) is 11.3 Å². The predicted molar refractivity (Wildman–Crippen MR) is 107 cm³/mol. The van der Waals surface area contributed by atoms with Crippen molar-refractivity contribution in [2.45, 2.75) is 11.8 Å². The highest BCUT2D eigenvalue weighted by molar-refractivity contribution is 7.92. The lowest BCUT2D eigenvalue weighted by atomic mass is 10.2. The zero-order chi connectivity index (χ0) is 20.9. The molecule has 0 spiro atoms. The summed E-state index contributed by atoms with van der Waals surface area (Å²) in [6, 6.07) is 14.4. The molecule has 0 unspecified atom stereocenters. The number of sulfonamides is 1. The van der Waals surface area contributed by atoms with Gasteiger partial charge in [-0.05, 0) is 55.5 Å². The van der Waals surface area contributed by atoms with Gasteiger partial charge in [0.15, 0.2) is 0 Å². The van der Waals surface area contributed by atoms with Crippen molar-refractivity contribution < 1.29 is 22.0 Å². The highest BCUT2D eigenvalue weighted by Gasteiger charge is 2.27. The summed E-state index contributed by atoms with van der Waals surface area (Å²) in [5.74, 6) is -0.783. The van der Waals surface area contributed by atoms with Gasteiger partial charge in [-0.15, -0.1) is 0 Å². The smallest absolute Gasteiger partial charge is 0.264 e. The molecule has 0 bridgehead atoms. The Morgan fingerprint density at radius 3 is 2.45 bits per heavy atom. The van der Waals surface area contributed by atoms with Crippen molar-refractivity contribution in [3.63, 3.8) is 0 Å². The van der Waals surface area contributed by atoms with Gasteiger partial charge >= 0.3 is 0 Å². The third-order valence-electron chi connectivity index (χ3n) is 3.94. The van der Waals surface area contributed by atoms with Gasteiger partial charge in [0.2, 0.25) is 0 Å². The number of nitrogens with zero attached hydrogens (tertiary/aromatic N) is 2. The minimum atomic E-state index is -4.11. The van der Waals surface area contributed by atoms with Crippen molar-refractivity contribution >= 4 is 27.8 Å². The fourth-order valence-corrected chi connectivity index (χ4v) is 3.88. The average Bonchev–Trinajstić information content (AvgIpc) is 3.21. The number of anilines is 1. The summed E-state index contributed by atoms with van der Waals surface area (Å²) in [6.07, 6.45) is 2.75. The molecule has 9 heteroatoms. The van der Waals surface area contributed by atoms with E-state index in [-0.39, 0.29) is 4.90 Å². The Kier molecular flexibility index (Phi) is 6.08. The summed E-state index contributed by atoms with van der Waals surface area (Å²) in [4.78, 5) is 12.2. The van der Waals surface area contributed by atoms with E-state index in [2.05, 4.69) is 10.5 Å². The van der Waals surface area contributed by atoms with Gasteiger partial charge < -0.3 is 4.42 Å². The maximum atomic E-state index is 13.2. The maximum Gasteiger partial charge on any atom is 0.264 e. The van der Waals surface area contributed by atoms with Crippen molar-refractivity contribution in [3.8, 4) is 0 Å². The van der Waals surface area contributed by atoms with Crippen molar-refractivity contribution in [3.05, 3.63) is 84.1 Å². The Labute approximate surface area is 167 Å². The standard InChI is InChI=1S/C20H18FN3O4S/c1-15-4-8-17(9-5-15)24(29(26,27)19-10-6-16(21)7-11-19)14-20(25)23-22-13-18-3-2-12-28-18/h2-13H,14H2,1H3,(H,23,25)/b22-13-. The van der Waals surface area contributed by atoms with Crippen molar-refractivity contribution in [1.29, 1.82) is 0 Å². The Morgan fingerprint density at radius 2 is 1.83 bits per heavy atom. The summed E-state index contributed by atoms with van der Waals surface area (Å²) in [6.45, 7) is 1.34. The van der Waals surface area contributed by atoms with Gasteiger partial charge in [-0.2, -0.15) is 5.10 Å². The number of hydrogen-bond acceptors (Lipinski definition) is 5. The Bertz CT molecular complexity index is 1090. The van der Waals surface area contributed by atoms with Crippen LogP contribution >= 0.6 is 0 Å². The van der Waals surface area contributed by atoms with E-state index in [0.29, 0.717) is 11.4 Å². The van der Waals surface area contributed by atoms with Gasteiger partial charge in [0.05, 0.1) is 23.1 Å². The quantitative estimate of drug-likeness (QED) is 0.474. The van der Waals surface area contributed by atoms with E-state index in [9.17, 15) is 17.6 Å². The highest BCUT2D eigenvalue weighted by atomic mass is 32.2. The van der Waals surface area contributed by atoms with Crippen LogP contribution in [-0.4, -0.2) is 27.1 Å². The molecular weight excluding hydrogens is 397 g/mol. The molecule has 0 radical (unpaired) electrons. The third kappa shape index (κ3) is 5.08. The molecule has 0 aliphatic rings. The Hall–Kier alpha value is -3.46. The molecule has 1 N–H and O–H groups in total. The van der Waals surface area contributed by atoms with E-state index in [4.69, 9.17) is 4.42 Å². The number of hydrazone groups is 1. The number of benzene rings is 2. The molecule has 150 valence electrons. The Morgan fingerprint density at radius 1 is 1.14 bits per heavy atom. The molecule has 0 aliphatic heterocycles. The van der Waals surface area contributed by atoms with Crippen LogP contribution < -0.4 is 9.73 Å². The number of aryl methyl sites for hydroxylation is 1. The Balaban J connectivity index is 1.85. The van der Waals surface area contributed by atoms with Crippen LogP contribution in [0.25, 0.3) is 0 Å². The number of hydrogen-bond donors (Lipinski definition) is 1. The number of carbonyl (C=O) groups is 1. The second-order valence-corrected chi connectivity index (χ2v) is 7.97. The maximum absolute atomic E-state index is 13.2. The molecule has 1 amide bonds. The predicted octanol–water partition coefficient (Wildman–Crippen LogP) is 3.07. The van der Waals surface area contributed by atoms with Gasteiger partial charge in [-0.1, -0.05) is 17.7 Å². The monoisotopic (exact) mass is 415 g/mol. The van der Waals surface area contributed by atoms with E-state index in [1.54, 1.807) is 36.4 Å². The minimum Gasteiger partial charge on any atom is -0.463 e. The molecule has 0 saturated carbocycles. The molecule has 0 atom stereocenters. The molecule has 2 aromatic carbocycles. The first-order valence-corrected chi connectivity index (χ1v) is 10.0. The van der Waals surface area contributed by atoms with E-state index in [1.165, 1.54) is 12.5 Å². The molecule has 3 rings (SSSR count). The van der Waals surface area contributed by atoms with Crippen LogP contribution in [0.2, 0.25) is 0 Å². The van der Waals surface area contributed by atoms with Crippen LogP contribution in [-0.2, 0) is 14.8 Å². The first-order valence-electron chi connectivity index (χ1n) is 8.56. The summed E-state index contributed by atoms with van der Waals surface area (Å²) in [7, 11) is -4.11. The normalized spacial score (nSPS) is 11.5. The summed E-state index contributed by atoms with van der Waals surface area (Å²) >= 11 is 0. The highest BCUT2D eigenvalue weighted by Crippen LogP contribution is 2.24. The number of amides is 1. The number of rotatable bonds is 7. The molecular formula is C20H18FN3O4S. The van der Waals surface area contributed by atoms with E-state index >= 15 is 0 Å². The molecule has 0 fully saturated rings. The molecule has 29 heavy (non-hydrogen) atoms. The number of furan rings is 1. The molecule has 7 nitrogen and oxygen atoms in total. The largest absolute Gasteiger partial charge is 0.463 e. The second kappa shape index (κ2) is 8.70. The van der Waals surface area contributed by atoms with Gasteiger partial charge in [-0.3, -0.25) is 9.10 Å². The van der Waals surface area contributed by atoms with Crippen LogP contribution in [0.15, 0.2) is 81.3 Å². The average molecular weight is 415 g/mol. The first-order chi connectivity index (χ1) is 13.9. The van der Waals surface area contributed by atoms with Crippen LogP contribution in [0.3, 0.4) is 0 Å². The molecule has 0 saturated heterocycles. The van der Waals surface area contributed by atoms with Gasteiger partial charge in [-0.25, -0.2) is 18.2 Å². The topological polar surface area (TPSA) is 92.0 Å². The van der Waals surface area contributed by atoms with Crippen molar-refractivity contribution in [1.82, 2.24) is 5.43 Å². The van der Waals surface area contributed by atoms with Gasteiger partial charge in [0, 0.05) is 0 Å². The third-order valence-corrected chi connectivity index (χ3v) is 5.72. The van der Waals surface area contributed by atoms with Crippen LogP contribution in [0.5, 0.6) is 0 Å². The summed E-state index contributed by atoms with van der Waals surface area (Å²) in [5, 5.41) is 3.75. The number of nitrogens with one attached hydrogen (secondary N) is 1. The molecule has 0 aliphatic carbocycles. The fraction of sp³-hybridized carbons (Fsp3) is 0.100. The van der Waals surface area contributed by atoms with Crippen LogP contribution in [0, 0.1) is 12.7 Å². The lowest BCUT2D eigenvalue weighted by molar-refractivity contribution is -0.119. The van der Waals surface area contributed by atoms with E-state index < -0.39 is 28.3 Å². The number of carbonyl (C=O) groups excluding carboxylic acids is 1. The van der Waals surface area contributed by atoms with Crippen LogP contribution in [0.4, 0.5) is 10.1 Å². The first kappa shape index (κ1) is 20.3. The zero-order valence-electron chi connectivity index (χ0n) is 15.4. The lowest BCUT2D eigenvalue weighted by Crippen LogP contribution is -2.39. The van der Waals surface area contributed by atoms with Crippen molar-refractivity contribution in [2.24, 2.45) is 5.10 Å². The molecule has 3 aromatic rings. The second-order valence-electron chi connectivity index (χ2n) is 6.11. The summed E-state index contributed by atoms with van der Waals surface area (Å²) < 4.78 is 45.4. The van der Waals surface area contributed by atoms with Gasteiger partial charge in [0.25, 0.3) is 15.9 Å². The summed E-state index contributed by atoms with van der Waals surface area (Å²) in [5.41, 5.74) is 3.50. The van der Waals surface area contributed by atoms with E-state index in [1.807, 2.05) is 6.92 Å².